The fraction of sp³-hybridized carbons (Fsp3) is 0.562. The SMILES string of the molecule is CC(C)S(=O)(=O)c1ccc(C(=O)C2CCCCC2)cc1. The minimum Gasteiger partial charge on any atom is -0.294 e. The second kappa shape index (κ2) is 6.08. The largest absolute Gasteiger partial charge is 0.294 e. The molecule has 0 atom stereocenters. The number of ketones is 1. The molecule has 4 heteroatoms. The van der Waals surface area contributed by atoms with Crippen LogP contribution in [0.25, 0.3) is 0 Å². The molecule has 3 nitrogen and oxygen atoms in total. The molecule has 0 unspecified atom stereocenters. The van der Waals surface area contributed by atoms with E-state index in [0.717, 1.165) is 25.7 Å². The number of hydrogen-bond acceptors (Lipinski definition) is 3. The lowest BCUT2D eigenvalue weighted by atomic mass is 9.84. The van der Waals surface area contributed by atoms with Gasteiger partial charge in [-0.25, -0.2) is 8.42 Å². The first-order chi connectivity index (χ1) is 9.43. The molecule has 0 aromatic heterocycles. The van der Waals surface area contributed by atoms with Crippen molar-refractivity contribution < 1.29 is 13.2 Å². The van der Waals surface area contributed by atoms with E-state index in [-0.39, 0.29) is 11.7 Å². The normalized spacial score (nSPS) is 17.4. The van der Waals surface area contributed by atoms with E-state index in [1.807, 2.05) is 0 Å². The Bertz CT molecular complexity index is 564. The van der Waals surface area contributed by atoms with Crippen LogP contribution in [0.15, 0.2) is 29.2 Å². The van der Waals surface area contributed by atoms with Gasteiger partial charge in [-0.15, -0.1) is 0 Å². The van der Waals surface area contributed by atoms with E-state index in [1.165, 1.54) is 6.42 Å². The topological polar surface area (TPSA) is 51.2 Å². The van der Waals surface area contributed by atoms with Gasteiger partial charge in [0.2, 0.25) is 0 Å². The number of hydrogen-bond donors (Lipinski definition) is 0. The van der Waals surface area contributed by atoms with Gasteiger partial charge in [-0.3, -0.25) is 4.79 Å². The Morgan fingerprint density at radius 1 is 1.05 bits per heavy atom. The van der Waals surface area contributed by atoms with Crippen LogP contribution in [-0.4, -0.2) is 19.5 Å². The maximum Gasteiger partial charge on any atom is 0.180 e. The van der Waals surface area contributed by atoms with Crippen LogP contribution < -0.4 is 0 Å². The highest BCUT2D eigenvalue weighted by Crippen LogP contribution is 2.27. The molecular weight excluding hydrogens is 272 g/mol. The Morgan fingerprint density at radius 2 is 1.60 bits per heavy atom. The predicted molar refractivity (Wildman–Crippen MR) is 79.7 cm³/mol. The van der Waals surface area contributed by atoms with Gasteiger partial charge in [0.1, 0.15) is 0 Å². The number of benzene rings is 1. The summed E-state index contributed by atoms with van der Waals surface area (Å²) in [6, 6.07) is 6.44. The molecule has 2 rings (SSSR count). The highest BCUT2D eigenvalue weighted by molar-refractivity contribution is 7.92. The highest BCUT2D eigenvalue weighted by Gasteiger charge is 2.23. The van der Waals surface area contributed by atoms with Crippen LogP contribution in [0.5, 0.6) is 0 Å². The summed E-state index contributed by atoms with van der Waals surface area (Å²) >= 11 is 0. The molecule has 0 bridgehead atoms. The Balaban J connectivity index is 2.18. The van der Waals surface area contributed by atoms with E-state index in [4.69, 9.17) is 0 Å². The third-order valence-corrected chi connectivity index (χ3v) is 6.23. The van der Waals surface area contributed by atoms with Crippen LogP contribution >= 0.6 is 0 Å². The molecule has 1 aliphatic rings. The van der Waals surface area contributed by atoms with Crippen molar-refractivity contribution >= 4 is 15.6 Å². The van der Waals surface area contributed by atoms with E-state index < -0.39 is 15.1 Å². The molecule has 1 fully saturated rings. The van der Waals surface area contributed by atoms with E-state index in [1.54, 1.807) is 38.1 Å². The predicted octanol–water partition coefficient (Wildman–Crippen LogP) is 3.63. The van der Waals surface area contributed by atoms with E-state index in [0.29, 0.717) is 10.5 Å². The zero-order valence-electron chi connectivity index (χ0n) is 12.1. The number of sulfone groups is 1. The van der Waals surface area contributed by atoms with E-state index in [2.05, 4.69) is 0 Å². The molecule has 0 saturated heterocycles. The summed E-state index contributed by atoms with van der Waals surface area (Å²) < 4.78 is 24.1. The van der Waals surface area contributed by atoms with Gasteiger partial charge >= 0.3 is 0 Å². The molecule has 20 heavy (non-hydrogen) atoms. The molecule has 0 radical (unpaired) electrons. The molecule has 1 aliphatic carbocycles. The summed E-state index contributed by atoms with van der Waals surface area (Å²) in [7, 11) is -3.26. The molecule has 0 aliphatic heterocycles. The maximum atomic E-state index is 12.3. The molecular formula is C16H22O3S. The lowest BCUT2D eigenvalue weighted by molar-refractivity contribution is 0.0889. The van der Waals surface area contributed by atoms with E-state index in [9.17, 15) is 13.2 Å². The molecule has 1 aromatic carbocycles. The number of Topliss-reactive ketones (excluding diaryl/α,β-unsaturated/α-hetero) is 1. The van der Waals surface area contributed by atoms with Crippen LogP contribution in [0.3, 0.4) is 0 Å². The van der Waals surface area contributed by atoms with Crippen LogP contribution in [0.2, 0.25) is 0 Å². The molecule has 0 amide bonds. The standard InChI is InChI=1S/C16H22O3S/c1-12(2)20(18,19)15-10-8-14(9-11-15)16(17)13-6-4-3-5-7-13/h8-13H,3-7H2,1-2H3. The minimum atomic E-state index is -3.26. The third kappa shape index (κ3) is 3.11. The summed E-state index contributed by atoms with van der Waals surface area (Å²) in [6.07, 6.45) is 5.39. The average Bonchev–Trinajstić information content (AvgIpc) is 2.47. The lowest BCUT2D eigenvalue weighted by Gasteiger charge is -2.20. The Labute approximate surface area is 121 Å². The second-order valence-corrected chi connectivity index (χ2v) is 8.32. The van der Waals surface area contributed by atoms with E-state index >= 15 is 0 Å². The molecule has 0 N–H and O–H groups in total. The van der Waals surface area contributed by atoms with Crippen molar-refractivity contribution in [2.75, 3.05) is 0 Å². The first-order valence-electron chi connectivity index (χ1n) is 7.31. The summed E-state index contributed by atoms with van der Waals surface area (Å²) in [5.74, 6) is 0.287. The summed E-state index contributed by atoms with van der Waals surface area (Å²) in [5.41, 5.74) is 0.639. The number of rotatable bonds is 4. The van der Waals surface area contributed by atoms with Crippen molar-refractivity contribution in [3.05, 3.63) is 29.8 Å². The fourth-order valence-corrected chi connectivity index (χ4v) is 3.74. The van der Waals surface area contributed by atoms with Crippen molar-refractivity contribution in [3.8, 4) is 0 Å². The van der Waals surface area contributed by atoms with Gasteiger partial charge in [0.05, 0.1) is 10.1 Å². The van der Waals surface area contributed by atoms with Crippen LogP contribution in [-0.2, 0) is 9.84 Å². The van der Waals surface area contributed by atoms with Crippen molar-refractivity contribution in [1.29, 1.82) is 0 Å². The van der Waals surface area contributed by atoms with Gasteiger partial charge in [0.15, 0.2) is 15.6 Å². The number of carbonyl (C=O) groups excluding carboxylic acids is 1. The van der Waals surface area contributed by atoms with Crippen LogP contribution in [0, 0.1) is 5.92 Å². The highest BCUT2D eigenvalue weighted by atomic mass is 32.2. The van der Waals surface area contributed by atoms with Crippen molar-refractivity contribution in [1.82, 2.24) is 0 Å². The van der Waals surface area contributed by atoms with Crippen LogP contribution in [0.1, 0.15) is 56.3 Å². The van der Waals surface area contributed by atoms with Crippen molar-refractivity contribution in [2.24, 2.45) is 5.92 Å². The molecule has 0 heterocycles. The molecule has 0 spiro atoms. The summed E-state index contributed by atoms with van der Waals surface area (Å²) in [6.45, 7) is 3.33. The smallest absolute Gasteiger partial charge is 0.180 e. The van der Waals surface area contributed by atoms with Crippen molar-refractivity contribution in [3.63, 3.8) is 0 Å². The lowest BCUT2D eigenvalue weighted by Crippen LogP contribution is -2.18. The average molecular weight is 294 g/mol. The minimum absolute atomic E-state index is 0.122. The van der Waals surface area contributed by atoms with Gasteiger partial charge in [-0.2, -0.15) is 0 Å². The van der Waals surface area contributed by atoms with Crippen LogP contribution in [0.4, 0.5) is 0 Å². The zero-order valence-corrected chi connectivity index (χ0v) is 12.9. The third-order valence-electron chi connectivity index (χ3n) is 4.06. The molecule has 1 aromatic rings. The zero-order chi connectivity index (χ0) is 14.8. The molecule has 110 valence electrons. The van der Waals surface area contributed by atoms with Gasteiger partial charge in [-0.05, 0) is 38.8 Å². The van der Waals surface area contributed by atoms with Gasteiger partial charge in [0, 0.05) is 11.5 Å². The quantitative estimate of drug-likeness (QED) is 0.797. The monoisotopic (exact) mass is 294 g/mol. The Hall–Kier alpha value is -1.16. The Morgan fingerprint density at radius 3 is 2.10 bits per heavy atom. The second-order valence-electron chi connectivity index (χ2n) is 5.82. The summed E-state index contributed by atoms with van der Waals surface area (Å²) in [5, 5.41) is -0.442. The molecule has 1 saturated carbocycles. The number of carbonyl (C=O) groups is 1. The van der Waals surface area contributed by atoms with Gasteiger partial charge in [-0.1, -0.05) is 31.4 Å². The summed E-state index contributed by atoms with van der Waals surface area (Å²) in [4.78, 5) is 12.6. The fourth-order valence-electron chi connectivity index (χ4n) is 2.68. The van der Waals surface area contributed by atoms with Crippen molar-refractivity contribution in [2.45, 2.75) is 56.1 Å². The van der Waals surface area contributed by atoms with Gasteiger partial charge < -0.3 is 0 Å². The maximum absolute atomic E-state index is 12.3. The Kier molecular flexibility index (Phi) is 4.63. The first kappa shape index (κ1) is 15.2. The first-order valence-corrected chi connectivity index (χ1v) is 8.85. The van der Waals surface area contributed by atoms with Gasteiger partial charge in [0.25, 0.3) is 0 Å².